The number of nitrogens with one attached hydrogen (secondary N) is 1. The monoisotopic (exact) mass is 206 g/mol. The van der Waals surface area contributed by atoms with Crippen LogP contribution in [-0.2, 0) is 9.53 Å². The first-order valence-electron chi connectivity index (χ1n) is 4.33. The molecule has 1 rings (SSSR count). The van der Waals surface area contributed by atoms with E-state index < -0.39 is 13.0 Å². The largest absolute Gasteiger partial charge is 0.375 e. The summed E-state index contributed by atoms with van der Waals surface area (Å²) < 4.78 is 27.9. The van der Waals surface area contributed by atoms with Crippen LogP contribution in [-0.4, -0.2) is 37.4 Å². The van der Waals surface area contributed by atoms with Crippen LogP contribution in [0, 0.1) is 0 Å². The minimum Gasteiger partial charge on any atom is -0.375 e. The molecule has 4 nitrogen and oxygen atoms in total. The molecule has 0 aromatic carbocycles. The molecular weight excluding hydrogens is 194 g/mol. The lowest BCUT2D eigenvalue weighted by atomic mass is 10.4. The highest BCUT2D eigenvalue weighted by molar-refractivity contribution is 6.05. The number of carbonyl (C=O) groups is 1. The maximum atomic E-state index is 11.6. The Balaban J connectivity index is 2.14. The number of ether oxygens (including phenoxy) is 1. The van der Waals surface area contributed by atoms with Gasteiger partial charge < -0.3 is 10.1 Å². The van der Waals surface area contributed by atoms with Crippen LogP contribution in [0.5, 0.6) is 0 Å². The van der Waals surface area contributed by atoms with Gasteiger partial charge in [0.1, 0.15) is 18.5 Å². The van der Waals surface area contributed by atoms with Crippen molar-refractivity contribution in [3.63, 3.8) is 0 Å². The maximum Gasteiger partial charge on any atom is 0.261 e. The van der Waals surface area contributed by atoms with E-state index in [9.17, 15) is 13.6 Å². The van der Waals surface area contributed by atoms with E-state index >= 15 is 0 Å². The zero-order valence-corrected chi connectivity index (χ0v) is 7.80. The Morgan fingerprint density at radius 3 is 2.86 bits per heavy atom. The lowest BCUT2D eigenvalue weighted by molar-refractivity contribution is -0.119. The summed E-state index contributed by atoms with van der Waals surface area (Å²) in [5, 5.41) is 2.54. The molecule has 14 heavy (non-hydrogen) atoms. The first-order chi connectivity index (χ1) is 6.59. The van der Waals surface area contributed by atoms with E-state index in [2.05, 4.69) is 15.0 Å². The van der Waals surface area contributed by atoms with Gasteiger partial charge in [0.25, 0.3) is 6.43 Å². The molecule has 0 aromatic heterocycles. The zero-order chi connectivity index (χ0) is 10.6. The van der Waals surface area contributed by atoms with Crippen molar-refractivity contribution < 1.29 is 18.3 Å². The van der Waals surface area contributed by atoms with Gasteiger partial charge in [-0.2, -0.15) is 0 Å². The van der Waals surface area contributed by atoms with Crippen molar-refractivity contribution in [2.75, 3.05) is 13.2 Å². The molecule has 1 unspecified atom stereocenters. The lowest BCUT2D eigenvalue weighted by Gasteiger charge is -2.02. The number of nitrogens with zero attached hydrogens (tertiary/aromatic N) is 1. The molecular formula is C8H12F2N2O2. The average Bonchev–Trinajstić information content (AvgIpc) is 2.40. The Kier molecular flexibility index (Phi) is 3.94. The Hall–Kier alpha value is -1.04. The predicted molar refractivity (Wildman–Crippen MR) is 46.5 cm³/mol. The molecule has 0 radical (unpaired) electrons. The van der Waals surface area contributed by atoms with E-state index in [1.807, 2.05) is 0 Å². The predicted octanol–water partition coefficient (Wildman–Crippen LogP) is 0.575. The zero-order valence-electron chi connectivity index (χ0n) is 7.80. The lowest BCUT2D eigenvalue weighted by Crippen LogP contribution is -2.28. The van der Waals surface area contributed by atoms with Gasteiger partial charge in [0.05, 0.1) is 6.61 Å². The highest BCUT2D eigenvalue weighted by atomic mass is 19.3. The summed E-state index contributed by atoms with van der Waals surface area (Å²) in [6.45, 7) is 1.25. The number of carbonyl (C=O) groups excluding carboxylic acids is 1. The number of rotatable bonds is 5. The Bertz CT molecular complexity index is 243. The van der Waals surface area contributed by atoms with Crippen molar-refractivity contribution in [3.05, 3.63) is 0 Å². The molecule has 1 heterocycles. The molecule has 1 atom stereocenters. The van der Waals surface area contributed by atoms with E-state index in [1.54, 1.807) is 6.92 Å². The Morgan fingerprint density at radius 2 is 2.36 bits per heavy atom. The molecule has 80 valence electrons. The fraction of sp³-hybridized carbons (Fsp3) is 0.750. The molecule has 1 aliphatic rings. The van der Waals surface area contributed by atoms with Gasteiger partial charge in [-0.25, -0.2) is 8.78 Å². The molecule has 0 spiro atoms. The number of alkyl halides is 2. The number of amides is 1. The van der Waals surface area contributed by atoms with E-state index in [0.717, 1.165) is 0 Å². The molecule has 0 bridgehead atoms. The fourth-order valence-corrected chi connectivity index (χ4v) is 1.04. The minimum absolute atomic E-state index is 0.149. The van der Waals surface area contributed by atoms with Gasteiger partial charge in [0, 0.05) is 6.42 Å². The van der Waals surface area contributed by atoms with Crippen molar-refractivity contribution in [1.82, 2.24) is 5.32 Å². The van der Waals surface area contributed by atoms with Crippen molar-refractivity contribution in [2.24, 2.45) is 4.99 Å². The minimum atomic E-state index is -2.45. The van der Waals surface area contributed by atoms with Crippen LogP contribution >= 0.6 is 0 Å². The summed E-state index contributed by atoms with van der Waals surface area (Å²) in [5.41, 5.74) is 0. The van der Waals surface area contributed by atoms with Gasteiger partial charge in [-0.15, -0.1) is 0 Å². The van der Waals surface area contributed by atoms with Gasteiger partial charge in [-0.1, -0.05) is 0 Å². The van der Waals surface area contributed by atoms with Gasteiger partial charge in [0.15, 0.2) is 0 Å². The van der Waals surface area contributed by atoms with E-state index in [0.29, 0.717) is 12.3 Å². The third kappa shape index (κ3) is 3.37. The quantitative estimate of drug-likeness (QED) is 0.669. The van der Waals surface area contributed by atoms with Crippen LogP contribution in [0.15, 0.2) is 4.99 Å². The topological polar surface area (TPSA) is 50.7 Å². The number of aliphatic imine (C=N–C) groups is 1. The molecule has 0 saturated carbocycles. The first kappa shape index (κ1) is 11.0. The second-order valence-electron chi connectivity index (χ2n) is 2.96. The van der Waals surface area contributed by atoms with Crippen molar-refractivity contribution in [1.29, 1.82) is 0 Å². The van der Waals surface area contributed by atoms with Gasteiger partial charge >= 0.3 is 0 Å². The Labute approximate surface area is 80.3 Å². The third-order valence-electron chi connectivity index (χ3n) is 1.72. The molecule has 0 fully saturated rings. The van der Waals surface area contributed by atoms with E-state index in [1.165, 1.54) is 0 Å². The molecule has 0 aromatic rings. The summed E-state index contributed by atoms with van der Waals surface area (Å²) in [6.07, 6.45) is -2.09. The van der Waals surface area contributed by atoms with E-state index in [-0.39, 0.29) is 18.6 Å². The number of amidine groups is 1. The number of halogens is 2. The maximum absolute atomic E-state index is 11.6. The Morgan fingerprint density at radius 1 is 1.64 bits per heavy atom. The standard InChI is InChI=1S/C8H12F2N2O2/c1-5-8(13)12-7(11-5)2-3-14-4-6(9)10/h5-6H,2-4H2,1H3,(H,11,12,13). The highest BCUT2D eigenvalue weighted by Crippen LogP contribution is 2.02. The molecule has 6 heteroatoms. The van der Waals surface area contributed by atoms with Gasteiger partial charge in [-0.05, 0) is 6.92 Å². The van der Waals surface area contributed by atoms with Crippen LogP contribution in [0.25, 0.3) is 0 Å². The molecule has 1 aliphatic heterocycles. The fourth-order valence-electron chi connectivity index (χ4n) is 1.04. The van der Waals surface area contributed by atoms with Crippen LogP contribution < -0.4 is 5.32 Å². The van der Waals surface area contributed by atoms with Crippen molar-refractivity contribution >= 4 is 11.7 Å². The molecule has 1 amide bonds. The average molecular weight is 206 g/mol. The summed E-state index contributed by atoms with van der Waals surface area (Å²) >= 11 is 0. The first-order valence-corrected chi connectivity index (χ1v) is 4.33. The van der Waals surface area contributed by atoms with Crippen molar-refractivity contribution in [2.45, 2.75) is 25.8 Å². The summed E-state index contributed by atoms with van der Waals surface area (Å²) in [5.74, 6) is 0.352. The molecule has 0 saturated heterocycles. The van der Waals surface area contributed by atoms with Gasteiger partial charge in [0.2, 0.25) is 5.91 Å². The summed E-state index contributed by atoms with van der Waals surface area (Å²) in [4.78, 5) is 14.9. The van der Waals surface area contributed by atoms with Crippen LogP contribution in [0.3, 0.4) is 0 Å². The summed E-state index contributed by atoms with van der Waals surface area (Å²) in [7, 11) is 0. The second kappa shape index (κ2) is 4.99. The molecule has 0 aliphatic carbocycles. The van der Waals surface area contributed by atoms with E-state index in [4.69, 9.17) is 0 Å². The molecule has 1 N–H and O–H groups in total. The summed E-state index contributed by atoms with van der Waals surface area (Å²) in [6, 6.07) is -0.375. The number of hydrogen-bond acceptors (Lipinski definition) is 3. The highest BCUT2D eigenvalue weighted by Gasteiger charge is 2.20. The van der Waals surface area contributed by atoms with Gasteiger partial charge in [-0.3, -0.25) is 9.79 Å². The smallest absolute Gasteiger partial charge is 0.261 e. The third-order valence-corrected chi connectivity index (χ3v) is 1.72. The number of hydrogen-bond donors (Lipinski definition) is 1. The second-order valence-corrected chi connectivity index (χ2v) is 2.96. The SMILES string of the molecule is CC1N=C(CCOCC(F)F)NC1=O. The van der Waals surface area contributed by atoms with Crippen LogP contribution in [0.4, 0.5) is 8.78 Å². The van der Waals surface area contributed by atoms with Crippen LogP contribution in [0.1, 0.15) is 13.3 Å². The van der Waals surface area contributed by atoms with Crippen molar-refractivity contribution in [3.8, 4) is 0 Å². The normalized spacial score (nSPS) is 21.3. The van der Waals surface area contributed by atoms with Crippen LogP contribution in [0.2, 0.25) is 0 Å².